The van der Waals surface area contributed by atoms with Crippen molar-refractivity contribution in [3.63, 3.8) is 0 Å². The second-order valence-corrected chi connectivity index (χ2v) is 8.14. The van der Waals surface area contributed by atoms with Crippen LogP contribution in [0, 0.1) is 5.92 Å². The number of hydrogen-bond donors (Lipinski definition) is 1. The van der Waals surface area contributed by atoms with Gasteiger partial charge in [0.05, 0.1) is 12.4 Å². The monoisotopic (exact) mass is 371 g/mol. The molecule has 4 rings (SSSR count). The third-order valence-electron chi connectivity index (χ3n) is 6.42. The Morgan fingerprint density at radius 2 is 1.93 bits per heavy atom. The number of aromatic nitrogens is 1. The number of carbonyl (C=O) groups excluding carboxylic acids is 2. The minimum atomic E-state index is -0.657. The molecule has 1 aliphatic carbocycles. The standard InChI is InChI=1S/C20H29N5O2/c1-16-6-2-4-8-20(16)18(26)25(19(27)22-20)15-24-12-10-23(11-13-24)14-17-7-3-5-9-21-17/h3,5,7,9,16H,2,4,6,8,10-15H2,1H3,(H,22,27)/t16-,20+/m1/s1. The molecule has 1 aromatic heterocycles. The van der Waals surface area contributed by atoms with E-state index in [9.17, 15) is 9.59 Å². The third-order valence-corrected chi connectivity index (χ3v) is 6.42. The molecule has 2 atom stereocenters. The Bertz CT molecular complexity index is 689. The number of piperazine rings is 1. The number of amides is 3. The van der Waals surface area contributed by atoms with Gasteiger partial charge in [-0.1, -0.05) is 25.8 Å². The van der Waals surface area contributed by atoms with Gasteiger partial charge < -0.3 is 5.32 Å². The van der Waals surface area contributed by atoms with Crippen LogP contribution in [0.4, 0.5) is 4.79 Å². The van der Waals surface area contributed by atoms with E-state index < -0.39 is 5.54 Å². The van der Waals surface area contributed by atoms with E-state index in [4.69, 9.17) is 0 Å². The van der Waals surface area contributed by atoms with Crippen LogP contribution in [0.2, 0.25) is 0 Å². The average Bonchev–Trinajstić information content (AvgIpc) is 2.91. The molecule has 7 nitrogen and oxygen atoms in total. The van der Waals surface area contributed by atoms with Crippen LogP contribution in [0.25, 0.3) is 0 Å². The van der Waals surface area contributed by atoms with Crippen LogP contribution in [0.1, 0.15) is 38.3 Å². The lowest BCUT2D eigenvalue weighted by Crippen LogP contribution is -2.55. The molecule has 3 aliphatic rings. The van der Waals surface area contributed by atoms with Crippen LogP contribution >= 0.6 is 0 Å². The van der Waals surface area contributed by atoms with Gasteiger partial charge in [-0.25, -0.2) is 9.69 Å². The summed E-state index contributed by atoms with van der Waals surface area (Å²) in [5.41, 5.74) is 0.420. The Hall–Kier alpha value is -1.99. The van der Waals surface area contributed by atoms with Gasteiger partial charge in [0.2, 0.25) is 0 Å². The molecule has 1 saturated carbocycles. The van der Waals surface area contributed by atoms with Gasteiger partial charge in [0, 0.05) is 38.9 Å². The fourth-order valence-corrected chi connectivity index (χ4v) is 4.63. The van der Waals surface area contributed by atoms with Gasteiger partial charge in [-0.2, -0.15) is 0 Å². The fraction of sp³-hybridized carbons (Fsp3) is 0.650. The summed E-state index contributed by atoms with van der Waals surface area (Å²) in [5, 5.41) is 3.04. The third kappa shape index (κ3) is 3.58. The second-order valence-electron chi connectivity index (χ2n) is 8.14. The zero-order valence-corrected chi connectivity index (χ0v) is 16.1. The maximum atomic E-state index is 13.1. The van der Waals surface area contributed by atoms with E-state index >= 15 is 0 Å². The van der Waals surface area contributed by atoms with E-state index in [-0.39, 0.29) is 17.9 Å². The molecule has 0 bridgehead atoms. The first-order chi connectivity index (χ1) is 13.1. The highest BCUT2D eigenvalue weighted by Crippen LogP contribution is 2.38. The first kappa shape index (κ1) is 18.4. The summed E-state index contributed by atoms with van der Waals surface area (Å²) < 4.78 is 0. The fourth-order valence-electron chi connectivity index (χ4n) is 4.63. The number of nitrogens with zero attached hydrogens (tertiary/aromatic N) is 4. The van der Waals surface area contributed by atoms with Crippen molar-refractivity contribution < 1.29 is 9.59 Å². The van der Waals surface area contributed by atoms with Crippen LogP contribution < -0.4 is 5.32 Å². The Kier molecular flexibility index (Phi) is 5.14. The maximum absolute atomic E-state index is 13.1. The van der Waals surface area contributed by atoms with E-state index in [1.807, 2.05) is 24.4 Å². The van der Waals surface area contributed by atoms with Crippen molar-refractivity contribution in [1.82, 2.24) is 25.0 Å². The van der Waals surface area contributed by atoms with Crippen molar-refractivity contribution in [3.8, 4) is 0 Å². The number of urea groups is 1. The van der Waals surface area contributed by atoms with Crippen molar-refractivity contribution in [2.75, 3.05) is 32.8 Å². The molecule has 0 unspecified atom stereocenters. The van der Waals surface area contributed by atoms with Crippen LogP contribution in [-0.4, -0.2) is 70.0 Å². The number of rotatable bonds is 4. The van der Waals surface area contributed by atoms with Crippen molar-refractivity contribution in [3.05, 3.63) is 30.1 Å². The van der Waals surface area contributed by atoms with E-state index in [1.165, 1.54) is 4.90 Å². The van der Waals surface area contributed by atoms with E-state index in [0.717, 1.165) is 64.1 Å². The quantitative estimate of drug-likeness (QED) is 0.815. The van der Waals surface area contributed by atoms with Crippen LogP contribution in [0.15, 0.2) is 24.4 Å². The molecule has 3 amide bonds. The highest BCUT2D eigenvalue weighted by atomic mass is 16.2. The molecule has 0 aromatic carbocycles. The van der Waals surface area contributed by atoms with Gasteiger partial charge in [-0.15, -0.1) is 0 Å². The summed E-state index contributed by atoms with van der Waals surface area (Å²) in [5.74, 6) is 0.193. The molecule has 1 N–H and O–H groups in total. The molecule has 146 valence electrons. The summed E-state index contributed by atoms with van der Waals surface area (Å²) in [6.45, 7) is 6.88. The topological polar surface area (TPSA) is 68.8 Å². The summed E-state index contributed by atoms with van der Waals surface area (Å²) >= 11 is 0. The van der Waals surface area contributed by atoms with Gasteiger partial charge in [-0.05, 0) is 30.9 Å². The minimum Gasteiger partial charge on any atom is -0.323 e. The Morgan fingerprint density at radius 3 is 2.63 bits per heavy atom. The van der Waals surface area contributed by atoms with Crippen molar-refractivity contribution in [2.24, 2.45) is 5.92 Å². The van der Waals surface area contributed by atoms with Crippen molar-refractivity contribution in [2.45, 2.75) is 44.7 Å². The van der Waals surface area contributed by atoms with Crippen LogP contribution in [0.3, 0.4) is 0 Å². The normalized spacial score (nSPS) is 30.1. The zero-order chi connectivity index (χ0) is 18.9. The molecule has 1 spiro atoms. The molecule has 2 saturated heterocycles. The maximum Gasteiger partial charge on any atom is 0.326 e. The highest BCUT2D eigenvalue weighted by Gasteiger charge is 2.55. The molecule has 7 heteroatoms. The molecular formula is C20H29N5O2. The van der Waals surface area contributed by atoms with Gasteiger partial charge >= 0.3 is 6.03 Å². The molecule has 27 heavy (non-hydrogen) atoms. The molecule has 2 aliphatic heterocycles. The Labute approximate surface area is 160 Å². The number of carbonyl (C=O) groups is 2. The summed E-state index contributed by atoms with van der Waals surface area (Å²) in [4.78, 5) is 36.0. The largest absolute Gasteiger partial charge is 0.326 e. The van der Waals surface area contributed by atoms with Crippen molar-refractivity contribution in [1.29, 1.82) is 0 Å². The Morgan fingerprint density at radius 1 is 1.15 bits per heavy atom. The average molecular weight is 371 g/mol. The first-order valence-corrected chi connectivity index (χ1v) is 10.1. The zero-order valence-electron chi connectivity index (χ0n) is 16.1. The van der Waals surface area contributed by atoms with E-state index in [2.05, 4.69) is 27.0 Å². The number of nitrogens with one attached hydrogen (secondary N) is 1. The van der Waals surface area contributed by atoms with E-state index in [0.29, 0.717) is 6.67 Å². The minimum absolute atomic E-state index is 0.0179. The lowest BCUT2D eigenvalue weighted by Gasteiger charge is -2.38. The summed E-state index contributed by atoms with van der Waals surface area (Å²) in [7, 11) is 0. The summed E-state index contributed by atoms with van der Waals surface area (Å²) in [6, 6.07) is 5.77. The van der Waals surface area contributed by atoms with E-state index in [1.54, 1.807) is 0 Å². The molecular weight excluding hydrogens is 342 g/mol. The predicted octanol–water partition coefficient (Wildman–Crippen LogP) is 1.66. The molecule has 3 fully saturated rings. The first-order valence-electron chi connectivity index (χ1n) is 10.1. The molecule has 1 aromatic rings. The molecule has 0 radical (unpaired) electrons. The smallest absolute Gasteiger partial charge is 0.323 e. The SMILES string of the molecule is C[C@@H]1CCCC[C@]12NC(=O)N(CN1CCN(Cc3ccccn3)CC1)C2=O. The number of imide groups is 1. The second kappa shape index (κ2) is 7.56. The van der Waals surface area contributed by atoms with Crippen LogP contribution in [0.5, 0.6) is 0 Å². The van der Waals surface area contributed by atoms with Crippen molar-refractivity contribution >= 4 is 11.9 Å². The lowest BCUT2D eigenvalue weighted by molar-refractivity contribution is -0.136. The highest BCUT2D eigenvalue weighted by molar-refractivity contribution is 6.07. The van der Waals surface area contributed by atoms with Gasteiger partial charge in [0.1, 0.15) is 5.54 Å². The van der Waals surface area contributed by atoms with Gasteiger partial charge in [0.15, 0.2) is 0 Å². The summed E-state index contributed by atoms with van der Waals surface area (Å²) in [6.07, 6.45) is 5.76. The molecule has 3 heterocycles. The predicted molar refractivity (Wildman–Crippen MR) is 102 cm³/mol. The van der Waals surface area contributed by atoms with Gasteiger partial charge in [-0.3, -0.25) is 19.6 Å². The number of hydrogen-bond acceptors (Lipinski definition) is 5. The number of pyridine rings is 1. The lowest BCUT2D eigenvalue weighted by atomic mass is 9.73. The van der Waals surface area contributed by atoms with Crippen LogP contribution in [-0.2, 0) is 11.3 Å². The van der Waals surface area contributed by atoms with Gasteiger partial charge in [0.25, 0.3) is 5.91 Å². The Balaban J connectivity index is 1.32.